The Labute approximate surface area is 158 Å². The Balaban J connectivity index is 0.000000659. The number of hydrogen-bond donors (Lipinski definition) is 2. The van der Waals surface area contributed by atoms with Crippen LogP contribution in [-0.2, 0) is 0 Å². The molecule has 0 saturated heterocycles. The molecule has 0 amide bonds. The van der Waals surface area contributed by atoms with Crippen LogP contribution in [0, 0.1) is 0 Å². The number of aromatic nitrogens is 1. The van der Waals surface area contributed by atoms with Crippen molar-refractivity contribution in [3.05, 3.63) is 66.7 Å². The molecule has 0 atom stereocenters. The van der Waals surface area contributed by atoms with Gasteiger partial charge in [-0.1, -0.05) is 36.4 Å². The molecule has 5 heteroatoms. The Bertz CT molecular complexity index is 1030. The monoisotopic (exact) mass is 361 g/mol. The zero-order valence-electron chi connectivity index (χ0n) is 15.7. The third kappa shape index (κ3) is 4.10. The predicted octanol–water partition coefficient (Wildman–Crippen LogP) is 4.59. The zero-order chi connectivity index (χ0) is 19.2. The molecule has 4 aromatic rings. The van der Waals surface area contributed by atoms with Crippen LogP contribution in [-0.4, -0.2) is 26.2 Å². The van der Waals surface area contributed by atoms with Crippen LogP contribution in [0.1, 0.15) is 0 Å². The minimum absolute atomic E-state index is 0.546. The summed E-state index contributed by atoms with van der Waals surface area (Å²) in [6, 6.07) is 21.7. The fraction of sp³-hybridized carbons (Fsp3) is 0.136. The maximum Gasteiger partial charge on any atom is 0.227 e. The van der Waals surface area contributed by atoms with E-state index in [9.17, 15) is 0 Å². The Morgan fingerprint density at radius 1 is 0.889 bits per heavy atom. The number of nitrogens with two attached hydrogens (primary N) is 1. The van der Waals surface area contributed by atoms with E-state index in [1.165, 1.54) is 0 Å². The van der Waals surface area contributed by atoms with Crippen LogP contribution in [0.4, 0.5) is 5.69 Å². The molecular formula is C22H23N3O2. The largest absolute Gasteiger partial charge is 0.495 e. The van der Waals surface area contributed by atoms with E-state index in [1.807, 2.05) is 68.7 Å². The van der Waals surface area contributed by atoms with Gasteiger partial charge in [-0.2, -0.15) is 0 Å². The molecule has 5 nitrogen and oxygen atoms in total. The van der Waals surface area contributed by atoms with E-state index in [0.717, 1.165) is 27.8 Å². The second-order valence-corrected chi connectivity index (χ2v) is 6.02. The lowest BCUT2D eigenvalue weighted by Gasteiger charge is -2.04. The van der Waals surface area contributed by atoms with Crippen molar-refractivity contribution in [1.82, 2.24) is 10.3 Å². The molecule has 1 heterocycles. The second kappa shape index (κ2) is 8.38. The maximum absolute atomic E-state index is 5.97. The standard InChI is InChI=1S/C20H16N2O2.C2H7N/c1-23-18-9-8-15(11-16(18)21)20-22-17-12-14(7-10-19(17)24-20)13-5-3-2-4-6-13;1-3-2/h2-12H,21H2,1H3;3H,1-2H3. The lowest BCUT2D eigenvalue weighted by Crippen LogP contribution is -1.92. The minimum atomic E-state index is 0.546. The van der Waals surface area contributed by atoms with E-state index in [2.05, 4.69) is 22.4 Å². The molecule has 4 rings (SSSR count). The summed E-state index contributed by atoms with van der Waals surface area (Å²) in [6.07, 6.45) is 0. The van der Waals surface area contributed by atoms with E-state index in [4.69, 9.17) is 14.9 Å². The number of methoxy groups -OCH3 is 1. The van der Waals surface area contributed by atoms with Crippen LogP contribution < -0.4 is 15.8 Å². The normalized spacial score (nSPS) is 10.3. The zero-order valence-corrected chi connectivity index (χ0v) is 15.7. The van der Waals surface area contributed by atoms with Crippen LogP contribution >= 0.6 is 0 Å². The van der Waals surface area contributed by atoms with Crippen LogP contribution in [0.25, 0.3) is 33.7 Å². The molecule has 0 aliphatic rings. The molecule has 0 unspecified atom stereocenters. The van der Waals surface area contributed by atoms with Crippen LogP contribution in [0.15, 0.2) is 71.1 Å². The topological polar surface area (TPSA) is 73.3 Å². The Morgan fingerprint density at radius 3 is 2.26 bits per heavy atom. The summed E-state index contributed by atoms with van der Waals surface area (Å²) in [5.74, 6) is 1.19. The van der Waals surface area contributed by atoms with E-state index in [-0.39, 0.29) is 0 Å². The van der Waals surface area contributed by atoms with Gasteiger partial charge in [-0.15, -0.1) is 0 Å². The number of fused-ring (bicyclic) bond motifs is 1. The summed E-state index contributed by atoms with van der Waals surface area (Å²) in [5, 5.41) is 2.75. The molecular weight excluding hydrogens is 338 g/mol. The van der Waals surface area contributed by atoms with Gasteiger partial charge in [0.1, 0.15) is 11.3 Å². The van der Waals surface area contributed by atoms with Gasteiger partial charge in [-0.05, 0) is 55.6 Å². The first kappa shape index (κ1) is 18.5. The average Bonchev–Trinajstić information content (AvgIpc) is 3.12. The average molecular weight is 361 g/mol. The van der Waals surface area contributed by atoms with Gasteiger partial charge in [-0.25, -0.2) is 4.98 Å². The fourth-order valence-electron chi connectivity index (χ4n) is 2.73. The lowest BCUT2D eigenvalue weighted by molar-refractivity contribution is 0.417. The smallest absolute Gasteiger partial charge is 0.227 e. The lowest BCUT2D eigenvalue weighted by atomic mass is 10.1. The third-order valence-corrected chi connectivity index (χ3v) is 3.97. The quantitative estimate of drug-likeness (QED) is 0.522. The van der Waals surface area contributed by atoms with Gasteiger partial charge in [-0.3, -0.25) is 0 Å². The van der Waals surface area contributed by atoms with Crippen molar-refractivity contribution >= 4 is 16.8 Å². The molecule has 3 aromatic carbocycles. The molecule has 0 saturated carbocycles. The molecule has 138 valence electrons. The second-order valence-electron chi connectivity index (χ2n) is 6.02. The summed E-state index contributed by atoms with van der Waals surface area (Å²) in [5.41, 5.74) is 11.2. The number of anilines is 1. The fourth-order valence-corrected chi connectivity index (χ4v) is 2.73. The van der Waals surface area contributed by atoms with Crippen molar-refractivity contribution in [3.8, 4) is 28.3 Å². The molecule has 3 N–H and O–H groups in total. The highest BCUT2D eigenvalue weighted by Gasteiger charge is 2.11. The first-order valence-corrected chi connectivity index (χ1v) is 8.64. The highest BCUT2D eigenvalue weighted by Crippen LogP contribution is 2.31. The number of hydrogen-bond acceptors (Lipinski definition) is 5. The summed E-state index contributed by atoms with van der Waals surface area (Å²) in [4.78, 5) is 4.60. The Hall–Kier alpha value is -3.31. The van der Waals surface area contributed by atoms with Crippen molar-refractivity contribution in [2.24, 2.45) is 0 Å². The van der Waals surface area contributed by atoms with Gasteiger partial charge in [0, 0.05) is 5.56 Å². The van der Waals surface area contributed by atoms with Crippen molar-refractivity contribution in [2.45, 2.75) is 0 Å². The van der Waals surface area contributed by atoms with Gasteiger partial charge in [0.25, 0.3) is 0 Å². The SMILES string of the molecule is CNC.COc1ccc(-c2nc3cc(-c4ccccc4)ccc3o2)cc1N. The molecule has 0 fully saturated rings. The van der Waals surface area contributed by atoms with Crippen LogP contribution in [0.2, 0.25) is 0 Å². The van der Waals surface area contributed by atoms with Crippen molar-refractivity contribution in [2.75, 3.05) is 26.9 Å². The first-order valence-electron chi connectivity index (χ1n) is 8.64. The molecule has 0 aliphatic heterocycles. The van der Waals surface area contributed by atoms with Crippen LogP contribution in [0.5, 0.6) is 5.75 Å². The summed E-state index contributed by atoms with van der Waals surface area (Å²) >= 11 is 0. The van der Waals surface area contributed by atoms with Crippen LogP contribution in [0.3, 0.4) is 0 Å². The molecule has 27 heavy (non-hydrogen) atoms. The van der Waals surface area contributed by atoms with Gasteiger partial charge in [0.2, 0.25) is 5.89 Å². The van der Waals surface area contributed by atoms with Crippen molar-refractivity contribution in [1.29, 1.82) is 0 Å². The summed E-state index contributed by atoms with van der Waals surface area (Å²) in [6.45, 7) is 0. The van der Waals surface area contributed by atoms with Gasteiger partial charge < -0.3 is 20.2 Å². The number of oxazole rings is 1. The highest BCUT2D eigenvalue weighted by molar-refractivity contribution is 5.82. The predicted molar refractivity (Wildman–Crippen MR) is 111 cm³/mol. The number of ether oxygens (including phenoxy) is 1. The summed E-state index contributed by atoms with van der Waals surface area (Å²) < 4.78 is 11.0. The Kier molecular flexibility index (Phi) is 5.74. The Morgan fingerprint density at radius 2 is 1.59 bits per heavy atom. The van der Waals surface area contributed by atoms with E-state index < -0.39 is 0 Å². The first-order chi connectivity index (χ1) is 13.2. The maximum atomic E-state index is 5.97. The molecule has 0 radical (unpaired) electrons. The number of nitrogen functional groups attached to an aromatic ring is 1. The summed E-state index contributed by atoms with van der Waals surface area (Å²) in [7, 11) is 5.34. The van der Waals surface area contributed by atoms with Crippen molar-refractivity contribution in [3.63, 3.8) is 0 Å². The molecule has 0 spiro atoms. The number of nitrogens with one attached hydrogen (secondary N) is 1. The molecule has 0 aliphatic carbocycles. The molecule has 0 bridgehead atoms. The number of rotatable bonds is 3. The van der Waals surface area contributed by atoms with E-state index in [0.29, 0.717) is 17.3 Å². The van der Waals surface area contributed by atoms with Gasteiger partial charge in [0.15, 0.2) is 5.58 Å². The van der Waals surface area contributed by atoms with Gasteiger partial charge >= 0.3 is 0 Å². The van der Waals surface area contributed by atoms with Crippen molar-refractivity contribution < 1.29 is 9.15 Å². The molecule has 1 aromatic heterocycles. The minimum Gasteiger partial charge on any atom is -0.495 e. The highest BCUT2D eigenvalue weighted by atomic mass is 16.5. The van der Waals surface area contributed by atoms with E-state index >= 15 is 0 Å². The third-order valence-electron chi connectivity index (χ3n) is 3.97. The number of benzene rings is 3. The van der Waals surface area contributed by atoms with Gasteiger partial charge in [0.05, 0.1) is 12.8 Å². The number of nitrogens with zero attached hydrogens (tertiary/aromatic N) is 1. The van der Waals surface area contributed by atoms with E-state index in [1.54, 1.807) is 7.11 Å².